The van der Waals surface area contributed by atoms with Crippen molar-refractivity contribution in [3.63, 3.8) is 0 Å². The number of nitrogens with zero attached hydrogens (tertiary/aromatic N) is 1. The number of anilines is 1. The van der Waals surface area contributed by atoms with Gasteiger partial charge in [0.2, 0.25) is 0 Å². The van der Waals surface area contributed by atoms with Gasteiger partial charge in [0.25, 0.3) is 5.91 Å². The van der Waals surface area contributed by atoms with Crippen LogP contribution in [0.15, 0.2) is 52.9 Å². The molecule has 2 aromatic carbocycles. The molecule has 37 heavy (non-hydrogen) atoms. The van der Waals surface area contributed by atoms with Crippen molar-refractivity contribution in [1.29, 1.82) is 0 Å². The number of rotatable bonds is 9. The molecule has 2 N–H and O–H groups in total. The lowest BCUT2D eigenvalue weighted by molar-refractivity contribution is -0.137. The average Bonchev–Trinajstić information content (AvgIpc) is 3.27. The number of amides is 1. The zero-order chi connectivity index (χ0) is 26.5. The predicted octanol–water partition coefficient (Wildman–Crippen LogP) is 6.81. The number of halogens is 2. The lowest BCUT2D eigenvalue weighted by Crippen LogP contribution is -2.29. The maximum atomic E-state index is 14.5. The third kappa shape index (κ3) is 6.37. The van der Waals surface area contributed by atoms with Crippen LogP contribution in [0.25, 0.3) is 11.3 Å². The molecule has 0 bridgehead atoms. The summed E-state index contributed by atoms with van der Waals surface area (Å²) >= 11 is 0. The monoisotopic (exact) mass is 510 g/mol. The summed E-state index contributed by atoms with van der Waals surface area (Å²) in [7, 11) is 1.58. The van der Waals surface area contributed by atoms with Crippen molar-refractivity contribution < 1.29 is 27.9 Å². The molecule has 1 aliphatic rings. The van der Waals surface area contributed by atoms with E-state index in [1.54, 1.807) is 19.2 Å². The minimum atomic E-state index is -0.951. The van der Waals surface area contributed by atoms with Crippen LogP contribution in [0.5, 0.6) is 0 Å². The van der Waals surface area contributed by atoms with E-state index >= 15 is 0 Å². The molecule has 0 spiro atoms. The Morgan fingerprint density at radius 2 is 1.78 bits per heavy atom. The molecule has 1 heterocycles. The van der Waals surface area contributed by atoms with Gasteiger partial charge < -0.3 is 19.7 Å². The van der Waals surface area contributed by atoms with Gasteiger partial charge in [0.15, 0.2) is 0 Å². The molecule has 1 atom stereocenters. The van der Waals surface area contributed by atoms with Crippen molar-refractivity contribution in [3.05, 3.63) is 77.1 Å². The van der Waals surface area contributed by atoms with E-state index in [1.807, 2.05) is 25.1 Å². The van der Waals surface area contributed by atoms with Crippen LogP contribution in [0.2, 0.25) is 0 Å². The van der Waals surface area contributed by atoms with Gasteiger partial charge in [-0.05, 0) is 68.1 Å². The minimum absolute atomic E-state index is 0.0823. The summed E-state index contributed by atoms with van der Waals surface area (Å²) in [4.78, 5) is 24.8. The summed E-state index contributed by atoms with van der Waals surface area (Å²) in [6, 6.07) is 12.3. The van der Waals surface area contributed by atoms with E-state index in [-0.39, 0.29) is 30.5 Å². The van der Waals surface area contributed by atoms with Gasteiger partial charge in [-0.25, -0.2) is 8.78 Å². The first kappa shape index (κ1) is 26.4. The van der Waals surface area contributed by atoms with Crippen molar-refractivity contribution in [3.8, 4) is 11.3 Å². The Kier molecular flexibility index (Phi) is 8.26. The highest BCUT2D eigenvalue weighted by Gasteiger charge is 2.29. The molecule has 1 saturated carbocycles. The van der Waals surface area contributed by atoms with Crippen LogP contribution >= 0.6 is 0 Å². The summed E-state index contributed by atoms with van der Waals surface area (Å²) < 4.78 is 33.8. The Morgan fingerprint density at radius 1 is 1.08 bits per heavy atom. The molecule has 196 valence electrons. The molecule has 1 fully saturated rings. The molecule has 8 heteroatoms. The van der Waals surface area contributed by atoms with Gasteiger partial charge in [-0.2, -0.15) is 0 Å². The highest BCUT2D eigenvalue weighted by atomic mass is 19.1. The van der Waals surface area contributed by atoms with Gasteiger partial charge in [-0.3, -0.25) is 9.59 Å². The van der Waals surface area contributed by atoms with Gasteiger partial charge in [-0.1, -0.05) is 19.3 Å². The number of carboxylic acids is 1. The molecule has 0 saturated heterocycles. The first-order valence-corrected chi connectivity index (χ1v) is 12.6. The minimum Gasteiger partial charge on any atom is -0.481 e. The third-order valence-electron chi connectivity index (χ3n) is 7.07. The molecule has 1 unspecified atom stereocenters. The second-order valence-electron chi connectivity index (χ2n) is 9.71. The Hall–Kier alpha value is -3.68. The number of aryl methyl sites for hydroxylation is 1. The molecule has 6 nitrogen and oxygen atoms in total. The van der Waals surface area contributed by atoms with Crippen LogP contribution < -0.4 is 5.32 Å². The second-order valence-corrected chi connectivity index (χ2v) is 9.71. The third-order valence-corrected chi connectivity index (χ3v) is 7.07. The van der Waals surface area contributed by atoms with Crippen LogP contribution in [0.3, 0.4) is 0 Å². The highest BCUT2D eigenvalue weighted by molar-refractivity contribution is 5.94. The number of carbonyl (C=O) groups is 2. The summed E-state index contributed by atoms with van der Waals surface area (Å²) in [5.74, 6) is -1.12. The Morgan fingerprint density at radius 3 is 2.43 bits per heavy atom. The first-order chi connectivity index (χ1) is 17.7. The number of aliphatic carboxylic acids is 1. The van der Waals surface area contributed by atoms with Crippen LogP contribution in [-0.4, -0.2) is 35.5 Å². The fourth-order valence-corrected chi connectivity index (χ4v) is 5.02. The zero-order valence-electron chi connectivity index (χ0n) is 21.1. The van der Waals surface area contributed by atoms with Crippen LogP contribution in [0, 0.1) is 24.5 Å². The number of hydrogen-bond donors (Lipinski definition) is 2. The summed E-state index contributed by atoms with van der Waals surface area (Å²) in [6.07, 6.45) is 5.45. The van der Waals surface area contributed by atoms with Crippen molar-refractivity contribution in [1.82, 2.24) is 4.90 Å². The van der Waals surface area contributed by atoms with E-state index in [2.05, 4.69) is 5.32 Å². The molecule has 1 amide bonds. The second kappa shape index (κ2) is 11.6. The molecule has 0 aliphatic heterocycles. The topological polar surface area (TPSA) is 82.8 Å². The van der Waals surface area contributed by atoms with E-state index < -0.39 is 17.6 Å². The molecular formula is C29H32F2N2O4. The first-order valence-electron chi connectivity index (χ1n) is 12.6. The molecule has 0 radical (unpaired) electrons. The average molecular weight is 511 g/mol. The number of nitrogens with one attached hydrogen (secondary N) is 1. The maximum absolute atomic E-state index is 14.5. The molecule has 3 aromatic rings. The Balaban J connectivity index is 1.57. The van der Waals surface area contributed by atoms with Gasteiger partial charge in [0, 0.05) is 36.5 Å². The summed E-state index contributed by atoms with van der Waals surface area (Å²) in [6.45, 7) is 1.99. The van der Waals surface area contributed by atoms with Gasteiger partial charge in [-0.15, -0.1) is 0 Å². The van der Waals surface area contributed by atoms with E-state index in [0.717, 1.165) is 43.0 Å². The maximum Gasteiger partial charge on any atom is 0.305 e. The predicted molar refractivity (Wildman–Crippen MR) is 137 cm³/mol. The highest BCUT2D eigenvalue weighted by Crippen LogP contribution is 2.40. The lowest BCUT2D eigenvalue weighted by atomic mass is 9.81. The Labute approximate surface area is 215 Å². The van der Waals surface area contributed by atoms with Crippen LogP contribution in [0.4, 0.5) is 14.5 Å². The van der Waals surface area contributed by atoms with E-state index in [0.29, 0.717) is 23.0 Å². The van der Waals surface area contributed by atoms with Gasteiger partial charge in [0.05, 0.1) is 18.0 Å². The quantitative estimate of drug-likeness (QED) is 0.330. The van der Waals surface area contributed by atoms with E-state index in [1.165, 1.54) is 23.5 Å². The number of benzene rings is 2. The molecule has 4 rings (SSSR count). The summed E-state index contributed by atoms with van der Waals surface area (Å²) in [5.41, 5.74) is 2.45. The fourth-order valence-electron chi connectivity index (χ4n) is 5.02. The molecular weight excluding hydrogens is 478 g/mol. The zero-order valence-corrected chi connectivity index (χ0v) is 21.1. The fraction of sp³-hybridized carbons (Fsp3) is 0.379. The normalized spacial score (nSPS) is 14.8. The van der Waals surface area contributed by atoms with E-state index in [9.17, 15) is 18.4 Å². The van der Waals surface area contributed by atoms with Crippen molar-refractivity contribution in [2.75, 3.05) is 18.9 Å². The number of furan rings is 1. The van der Waals surface area contributed by atoms with Gasteiger partial charge >= 0.3 is 5.97 Å². The van der Waals surface area contributed by atoms with Crippen molar-refractivity contribution in [2.45, 2.75) is 51.5 Å². The number of carbonyl (C=O) groups excluding carboxylic acids is 1. The number of carboxylic acid groups (broad SMARTS) is 1. The van der Waals surface area contributed by atoms with E-state index in [4.69, 9.17) is 9.52 Å². The van der Waals surface area contributed by atoms with Gasteiger partial charge in [0.1, 0.15) is 23.2 Å². The smallest absolute Gasteiger partial charge is 0.305 e. The standard InChI is InChI=1S/C29H32F2N2O4/c1-18-24(17-26(37-18)23-13-10-21(30)16-25(23)31)28(19-6-4-3-5-7-19)32-22-11-8-20(9-12-22)29(36)33(2)15-14-27(34)35/h8-13,16-17,19,28,32H,3-7,14-15H2,1-2H3,(H,34,35). The van der Waals surface area contributed by atoms with Crippen LogP contribution in [0.1, 0.15) is 66.2 Å². The van der Waals surface area contributed by atoms with Crippen LogP contribution in [-0.2, 0) is 4.79 Å². The molecule has 1 aromatic heterocycles. The lowest BCUT2D eigenvalue weighted by Gasteiger charge is -2.31. The van der Waals surface area contributed by atoms with Crippen molar-refractivity contribution >= 4 is 17.6 Å². The SMILES string of the molecule is Cc1oc(-c2ccc(F)cc2F)cc1C(Nc1ccc(C(=O)N(C)CCC(=O)O)cc1)C1CCCCC1. The number of hydrogen-bond acceptors (Lipinski definition) is 4. The Bertz CT molecular complexity index is 1250. The van der Waals surface area contributed by atoms with Crippen molar-refractivity contribution in [2.24, 2.45) is 5.92 Å². The largest absolute Gasteiger partial charge is 0.481 e. The summed E-state index contributed by atoms with van der Waals surface area (Å²) in [5, 5.41) is 12.5. The molecule has 1 aliphatic carbocycles.